The number of benzene rings is 2. The van der Waals surface area contributed by atoms with Crippen LogP contribution in [0.15, 0.2) is 42.5 Å². The SMILES string of the molecule is CCCNC(=O)[C@@H]1[C@@H]2CCC3(S2)C(C(=O)Nc2ccc4ccccc4c2)N(CCCCCO)C(=O)[C@H]13. The monoisotopic (exact) mass is 509 g/mol. The van der Waals surface area contributed by atoms with Crippen LogP contribution in [0.5, 0.6) is 0 Å². The van der Waals surface area contributed by atoms with Gasteiger partial charge in [-0.25, -0.2) is 0 Å². The summed E-state index contributed by atoms with van der Waals surface area (Å²) in [6.07, 6.45) is 4.62. The Morgan fingerprint density at radius 1 is 1.11 bits per heavy atom. The normalized spacial score (nSPS) is 28.5. The number of amides is 3. The van der Waals surface area contributed by atoms with Gasteiger partial charge < -0.3 is 20.6 Å². The molecule has 2 bridgehead atoms. The highest BCUT2D eigenvalue weighted by atomic mass is 32.2. The molecule has 7 nitrogen and oxygen atoms in total. The summed E-state index contributed by atoms with van der Waals surface area (Å²) >= 11 is 1.70. The first kappa shape index (κ1) is 25.1. The molecule has 2 aromatic rings. The number of thioether (sulfide) groups is 1. The van der Waals surface area contributed by atoms with E-state index >= 15 is 0 Å². The third kappa shape index (κ3) is 4.28. The predicted octanol–water partition coefficient (Wildman–Crippen LogP) is 3.56. The number of likely N-dealkylation sites (tertiary alicyclic amines) is 1. The Hall–Kier alpha value is -2.58. The zero-order valence-electron chi connectivity index (χ0n) is 20.7. The fourth-order valence-corrected chi connectivity index (χ4v) is 8.63. The molecule has 2 unspecified atom stereocenters. The number of nitrogens with one attached hydrogen (secondary N) is 2. The third-order valence-corrected chi connectivity index (χ3v) is 9.93. The Morgan fingerprint density at radius 2 is 1.92 bits per heavy atom. The van der Waals surface area contributed by atoms with Crippen molar-refractivity contribution in [1.82, 2.24) is 10.2 Å². The van der Waals surface area contributed by atoms with Crippen LogP contribution in [-0.2, 0) is 14.4 Å². The van der Waals surface area contributed by atoms with Crippen LogP contribution in [-0.4, -0.2) is 63.5 Å². The van der Waals surface area contributed by atoms with Crippen LogP contribution in [0.25, 0.3) is 10.8 Å². The summed E-state index contributed by atoms with van der Waals surface area (Å²) in [4.78, 5) is 42.7. The van der Waals surface area contributed by atoms with Crippen LogP contribution in [0, 0.1) is 11.8 Å². The van der Waals surface area contributed by atoms with Crippen LogP contribution in [0.1, 0.15) is 45.4 Å². The standard InChI is InChI=1S/C28H35N3O4S/c1-2-14-29-25(33)22-21-12-13-28(36-21)23(22)27(35)31(15-6-3-7-16-32)24(28)26(34)30-20-11-10-18-8-4-5-9-19(18)17-20/h4-5,8-11,17,21-24,32H,2-3,6-7,12-16H2,1H3,(H,29,33)(H,30,34)/t21-,22+,23-,24?,28?/m0/s1. The molecule has 3 saturated heterocycles. The predicted molar refractivity (Wildman–Crippen MR) is 143 cm³/mol. The molecule has 8 heteroatoms. The highest BCUT2D eigenvalue weighted by Crippen LogP contribution is 2.66. The van der Waals surface area contributed by atoms with Crippen molar-refractivity contribution in [3.63, 3.8) is 0 Å². The molecule has 2 aromatic carbocycles. The molecule has 5 atom stereocenters. The maximum Gasteiger partial charge on any atom is 0.248 e. The van der Waals surface area contributed by atoms with Crippen molar-refractivity contribution in [2.45, 2.75) is 61.5 Å². The maximum absolute atomic E-state index is 13.9. The number of carbonyl (C=O) groups is 3. The Labute approximate surface area is 216 Å². The van der Waals surface area contributed by atoms with E-state index in [0.717, 1.165) is 42.9 Å². The van der Waals surface area contributed by atoms with E-state index in [4.69, 9.17) is 0 Å². The molecule has 3 aliphatic rings. The number of anilines is 1. The molecule has 5 rings (SSSR count). The lowest BCUT2D eigenvalue weighted by Crippen LogP contribution is -2.51. The highest BCUT2D eigenvalue weighted by Gasteiger charge is 2.73. The third-order valence-electron chi connectivity index (χ3n) is 7.97. The van der Waals surface area contributed by atoms with Gasteiger partial charge in [-0.3, -0.25) is 14.4 Å². The number of aliphatic hydroxyl groups is 1. The van der Waals surface area contributed by atoms with Gasteiger partial charge in [0.1, 0.15) is 6.04 Å². The molecule has 3 amide bonds. The van der Waals surface area contributed by atoms with E-state index in [2.05, 4.69) is 10.6 Å². The first-order valence-electron chi connectivity index (χ1n) is 13.2. The largest absolute Gasteiger partial charge is 0.396 e. The molecule has 0 aliphatic carbocycles. The van der Waals surface area contributed by atoms with Crippen molar-refractivity contribution in [3.8, 4) is 0 Å². The number of hydrogen-bond donors (Lipinski definition) is 3. The lowest BCUT2D eigenvalue weighted by Gasteiger charge is -2.34. The quantitative estimate of drug-likeness (QED) is 0.426. The molecule has 3 fully saturated rings. The lowest BCUT2D eigenvalue weighted by molar-refractivity contribution is -0.139. The van der Waals surface area contributed by atoms with Crippen molar-refractivity contribution in [2.75, 3.05) is 25.0 Å². The van der Waals surface area contributed by atoms with E-state index in [0.29, 0.717) is 25.2 Å². The summed E-state index contributed by atoms with van der Waals surface area (Å²) < 4.78 is -0.576. The molecular weight excluding hydrogens is 474 g/mol. The summed E-state index contributed by atoms with van der Waals surface area (Å²) in [7, 11) is 0. The Balaban J connectivity index is 1.44. The fourth-order valence-electron chi connectivity index (χ4n) is 6.41. The minimum absolute atomic E-state index is 0.0508. The van der Waals surface area contributed by atoms with E-state index < -0.39 is 16.7 Å². The average Bonchev–Trinajstić information content (AvgIpc) is 3.52. The van der Waals surface area contributed by atoms with E-state index in [-0.39, 0.29) is 35.5 Å². The molecule has 0 radical (unpaired) electrons. The summed E-state index contributed by atoms with van der Waals surface area (Å²) in [5, 5.41) is 17.5. The minimum atomic E-state index is -0.616. The zero-order valence-corrected chi connectivity index (χ0v) is 21.6. The van der Waals surface area contributed by atoms with Gasteiger partial charge in [0.25, 0.3) is 0 Å². The Bertz CT molecular complexity index is 1160. The first-order chi connectivity index (χ1) is 17.5. The molecule has 192 valence electrons. The van der Waals surface area contributed by atoms with Gasteiger partial charge >= 0.3 is 0 Å². The van der Waals surface area contributed by atoms with Crippen LogP contribution >= 0.6 is 11.8 Å². The van der Waals surface area contributed by atoms with E-state index in [9.17, 15) is 19.5 Å². The molecule has 1 spiro atoms. The molecule has 3 N–H and O–H groups in total. The number of rotatable bonds is 10. The van der Waals surface area contributed by atoms with Crippen LogP contribution in [0.4, 0.5) is 5.69 Å². The minimum Gasteiger partial charge on any atom is -0.396 e. The van der Waals surface area contributed by atoms with E-state index in [1.165, 1.54) is 0 Å². The smallest absolute Gasteiger partial charge is 0.248 e. The number of nitrogens with zero attached hydrogens (tertiary/aromatic N) is 1. The van der Waals surface area contributed by atoms with Crippen molar-refractivity contribution < 1.29 is 19.5 Å². The Morgan fingerprint density at radius 3 is 2.69 bits per heavy atom. The fraction of sp³-hybridized carbons (Fsp3) is 0.536. The highest BCUT2D eigenvalue weighted by molar-refractivity contribution is 8.02. The van der Waals surface area contributed by atoms with Crippen LogP contribution < -0.4 is 10.6 Å². The number of hydrogen-bond acceptors (Lipinski definition) is 5. The second kappa shape index (κ2) is 10.4. The molecule has 0 saturated carbocycles. The molecule has 3 aliphatic heterocycles. The van der Waals surface area contributed by atoms with Crippen LogP contribution in [0.3, 0.4) is 0 Å². The Kier molecular flexibility index (Phi) is 7.26. The average molecular weight is 510 g/mol. The maximum atomic E-state index is 13.9. The van der Waals surface area contributed by atoms with Gasteiger partial charge in [-0.05, 0) is 61.4 Å². The first-order valence-corrected chi connectivity index (χ1v) is 14.0. The van der Waals surface area contributed by atoms with E-state index in [1.54, 1.807) is 16.7 Å². The van der Waals surface area contributed by atoms with Crippen molar-refractivity contribution in [2.24, 2.45) is 11.8 Å². The summed E-state index contributed by atoms with van der Waals surface area (Å²) in [6, 6.07) is 13.2. The second-order valence-electron chi connectivity index (χ2n) is 10.2. The lowest BCUT2D eigenvalue weighted by atomic mass is 9.70. The molecule has 3 heterocycles. The van der Waals surface area contributed by atoms with Gasteiger partial charge in [-0.15, -0.1) is 11.8 Å². The van der Waals surface area contributed by atoms with Crippen molar-refractivity contribution in [1.29, 1.82) is 0 Å². The summed E-state index contributed by atoms with van der Waals surface area (Å²) in [6.45, 7) is 3.18. The summed E-state index contributed by atoms with van der Waals surface area (Å²) in [5.74, 6) is -1.15. The van der Waals surface area contributed by atoms with E-state index in [1.807, 2.05) is 49.4 Å². The topological polar surface area (TPSA) is 98.7 Å². The molecule has 36 heavy (non-hydrogen) atoms. The van der Waals surface area contributed by atoms with Crippen LogP contribution in [0.2, 0.25) is 0 Å². The van der Waals surface area contributed by atoms with Gasteiger partial charge in [0.15, 0.2) is 0 Å². The van der Waals surface area contributed by atoms with Gasteiger partial charge in [-0.2, -0.15) is 0 Å². The van der Waals surface area contributed by atoms with Crippen molar-refractivity contribution in [3.05, 3.63) is 42.5 Å². The number of fused-ring (bicyclic) bond motifs is 2. The van der Waals surface area contributed by atoms with Crippen molar-refractivity contribution >= 4 is 45.9 Å². The zero-order chi connectivity index (χ0) is 25.3. The van der Waals surface area contributed by atoms with Gasteiger partial charge in [0, 0.05) is 30.6 Å². The molecule has 0 aromatic heterocycles. The number of unbranched alkanes of at least 4 members (excludes halogenated alkanes) is 2. The van der Waals surface area contributed by atoms with Gasteiger partial charge in [0.2, 0.25) is 17.7 Å². The summed E-state index contributed by atoms with van der Waals surface area (Å²) in [5.41, 5.74) is 0.709. The molecular formula is C28H35N3O4S. The van der Waals surface area contributed by atoms with Gasteiger partial charge in [0.05, 0.1) is 16.6 Å². The number of carbonyl (C=O) groups excluding carboxylic acids is 3. The second-order valence-corrected chi connectivity index (χ2v) is 11.8. The van der Waals surface area contributed by atoms with Gasteiger partial charge in [-0.1, -0.05) is 37.3 Å². The number of aliphatic hydroxyl groups excluding tert-OH is 1.